The highest BCUT2D eigenvalue weighted by Crippen LogP contribution is 2.32. The molecule has 2 amide bonds. The molecule has 3 aromatic rings. The number of carbonyl (C=O) groups is 2. The molecule has 0 aliphatic carbocycles. The summed E-state index contributed by atoms with van der Waals surface area (Å²) in [6.07, 6.45) is 2.19. The summed E-state index contributed by atoms with van der Waals surface area (Å²) in [5.41, 5.74) is 1.44. The smallest absolute Gasteiger partial charge is 0.254 e. The van der Waals surface area contributed by atoms with Gasteiger partial charge in [0.15, 0.2) is 11.5 Å². The van der Waals surface area contributed by atoms with Gasteiger partial charge >= 0.3 is 0 Å². The standard InChI is InChI=1S/C26H28N2O6/c1-31-13-6-12-27(26(30)21-10-11-23-24(15-21)34-19-33-23)18-25(29)28(17-22-9-5-14-32-22)16-20-7-3-2-4-8-20/h2-5,7-11,14-15H,6,12-13,16-19H2,1H3. The van der Waals surface area contributed by atoms with Crippen LogP contribution in [0.2, 0.25) is 0 Å². The predicted molar refractivity (Wildman–Crippen MR) is 124 cm³/mol. The van der Waals surface area contributed by atoms with Gasteiger partial charge in [-0.05, 0) is 42.3 Å². The van der Waals surface area contributed by atoms with Crippen molar-refractivity contribution in [3.05, 3.63) is 83.8 Å². The van der Waals surface area contributed by atoms with E-state index in [-0.39, 0.29) is 25.2 Å². The third-order valence-electron chi connectivity index (χ3n) is 5.51. The monoisotopic (exact) mass is 464 g/mol. The number of hydrogen-bond acceptors (Lipinski definition) is 6. The first kappa shape index (κ1) is 23.4. The van der Waals surface area contributed by atoms with Crippen LogP contribution < -0.4 is 9.47 Å². The number of hydrogen-bond donors (Lipinski definition) is 0. The molecule has 0 bridgehead atoms. The lowest BCUT2D eigenvalue weighted by atomic mass is 10.1. The Labute approximate surface area is 198 Å². The zero-order valence-corrected chi connectivity index (χ0v) is 19.1. The van der Waals surface area contributed by atoms with Gasteiger partial charge in [0, 0.05) is 32.4 Å². The predicted octanol–water partition coefficient (Wildman–Crippen LogP) is 3.72. The lowest BCUT2D eigenvalue weighted by molar-refractivity contribution is -0.133. The molecule has 0 saturated carbocycles. The molecule has 2 heterocycles. The fourth-order valence-corrected chi connectivity index (χ4v) is 3.75. The van der Waals surface area contributed by atoms with Crippen molar-refractivity contribution in [2.24, 2.45) is 0 Å². The van der Waals surface area contributed by atoms with E-state index in [1.54, 1.807) is 47.4 Å². The SMILES string of the molecule is COCCCN(CC(=O)N(Cc1ccccc1)Cc1ccco1)C(=O)c1ccc2c(c1)OCO2. The number of rotatable bonds is 11. The normalized spacial score (nSPS) is 11.9. The van der Waals surface area contributed by atoms with Crippen LogP contribution in [0.4, 0.5) is 0 Å². The number of nitrogens with zero attached hydrogens (tertiary/aromatic N) is 2. The highest BCUT2D eigenvalue weighted by molar-refractivity contribution is 5.97. The molecule has 0 spiro atoms. The molecule has 0 unspecified atom stereocenters. The highest BCUT2D eigenvalue weighted by atomic mass is 16.7. The minimum Gasteiger partial charge on any atom is -0.467 e. The number of benzene rings is 2. The van der Waals surface area contributed by atoms with Crippen LogP contribution in [0.15, 0.2) is 71.3 Å². The first-order valence-electron chi connectivity index (χ1n) is 11.2. The van der Waals surface area contributed by atoms with E-state index in [0.29, 0.717) is 55.5 Å². The molecule has 4 rings (SSSR count). The number of furan rings is 1. The second-order valence-electron chi connectivity index (χ2n) is 7.96. The lowest BCUT2D eigenvalue weighted by Crippen LogP contribution is -2.43. The third kappa shape index (κ3) is 5.96. The van der Waals surface area contributed by atoms with Crippen molar-refractivity contribution < 1.29 is 28.2 Å². The average molecular weight is 465 g/mol. The van der Waals surface area contributed by atoms with E-state index >= 15 is 0 Å². The maximum absolute atomic E-state index is 13.5. The van der Waals surface area contributed by atoms with Crippen LogP contribution in [-0.4, -0.2) is 55.2 Å². The van der Waals surface area contributed by atoms with Gasteiger partial charge in [0.05, 0.1) is 12.8 Å². The van der Waals surface area contributed by atoms with Gasteiger partial charge in [-0.25, -0.2) is 0 Å². The third-order valence-corrected chi connectivity index (χ3v) is 5.51. The zero-order valence-electron chi connectivity index (χ0n) is 19.1. The maximum Gasteiger partial charge on any atom is 0.254 e. The summed E-state index contributed by atoms with van der Waals surface area (Å²) in [4.78, 5) is 30.1. The number of carbonyl (C=O) groups excluding carboxylic acids is 2. The van der Waals surface area contributed by atoms with Crippen LogP contribution in [0.25, 0.3) is 0 Å². The summed E-state index contributed by atoms with van der Waals surface area (Å²) < 4.78 is 21.4. The molecule has 0 saturated heterocycles. The molecule has 0 N–H and O–H groups in total. The Hall–Kier alpha value is -3.78. The summed E-state index contributed by atoms with van der Waals surface area (Å²) in [6, 6.07) is 18.4. The molecule has 0 atom stereocenters. The van der Waals surface area contributed by atoms with Gasteiger partial charge in [0.25, 0.3) is 5.91 Å². The minimum atomic E-state index is -0.250. The summed E-state index contributed by atoms with van der Waals surface area (Å²) >= 11 is 0. The van der Waals surface area contributed by atoms with Crippen molar-refractivity contribution in [1.82, 2.24) is 9.80 Å². The molecule has 0 fully saturated rings. The Morgan fingerprint density at radius 1 is 0.941 bits per heavy atom. The Morgan fingerprint density at radius 2 is 1.76 bits per heavy atom. The van der Waals surface area contributed by atoms with Crippen molar-refractivity contribution in [3.63, 3.8) is 0 Å². The van der Waals surface area contributed by atoms with E-state index in [1.165, 1.54) is 0 Å². The average Bonchev–Trinajstić information content (AvgIpc) is 3.55. The Bertz CT molecular complexity index is 1080. The largest absolute Gasteiger partial charge is 0.467 e. The van der Waals surface area contributed by atoms with Crippen LogP contribution in [0.5, 0.6) is 11.5 Å². The van der Waals surface area contributed by atoms with Crippen molar-refractivity contribution in [1.29, 1.82) is 0 Å². The van der Waals surface area contributed by atoms with E-state index < -0.39 is 0 Å². The molecule has 178 valence electrons. The van der Waals surface area contributed by atoms with Crippen molar-refractivity contribution in [2.45, 2.75) is 19.5 Å². The van der Waals surface area contributed by atoms with Gasteiger partial charge in [-0.15, -0.1) is 0 Å². The molecule has 8 heteroatoms. The van der Waals surface area contributed by atoms with Crippen LogP contribution in [-0.2, 0) is 22.6 Å². The topological polar surface area (TPSA) is 81.5 Å². The van der Waals surface area contributed by atoms with Crippen molar-refractivity contribution >= 4 is 11.8 Å². The van der Waals surface area contributed by atoms with Crippen LogP contribution in [0.3, 0.4) is 0 Å². The fraction of sp³-hybridized carbons (Fsp3) is 0.308. The second-order valence-corrected chi connectivity index (χ2v) is 7.96. The number of fused-ring (bicyclic) bond motifs is 1. The molecule has 1 aliphatic heterocycles. The summed E-state index contributed by atoms with van der Waals surface area (Å²) in [5, 5.41) is 0. The zero-order chi connectivity index (χ0) is 23.8. The Kier molecular flexibility index (Phi) is 7.83. The number of methoxy groups -OCH3 is 1. The quantitative estimate of drug-likeness (QED) is 0.403. The van der Waals surface area contributed by atoms with Crippen LogP contribution in [0, 0.1) is 0 Å². The second kappa shape index (κ2) is 11.4. The van der Waals surface area contributed by atoms with Crippen molar-refractivity contribution in [2.75, 3.05) is 33.6 Å². The van der Waals surface area contributed by atoms with Crippen LogP contribution >= 0.6 is 0 Å². The summed E-state index contributed by atoms with van der Waals surface area (Å²) in [6.45, 7) is 1.65. The van der Waals surface area contributed by atoms with E-state index in [2.05, 4.69) is 0 Å². The Balaban J connectivity index is 1.52. The molecular formula is C26H28N2O6. The Morgan fingerprint density at radius 3 is 2.53 bits per heavy atom. The molecule has 34 heavy (non-hydrogen) atoms. The molecular weight excluding hydrogens is 436 g/mol. The van der Waals surface area contributed by atoms with Gasteiger partial charge in [0.1, 0.15) is 12.3 Å². The summed E-state index contributed by atoms with van der Waals surface area (Å²) in [7, 11) is 1.61. The summed E-state index contributed by atoms with van der Waals surface area (Å²) in [5.74, 6) is 1.38. The molecule has 1 aliphatic rings. The highest BCUT2D eigenvalue weighted by Gasteiger charge is 2.25. The van der Waals surface area contributed by atoms with Crippen molar-refractivity contribution in [3.8, 4) is 11.5 Å². The molecule has 0 radical (unpaired) electrons. The van der Waals surface area contributed by atoms with Gasteiger partial charge in [-0.3, -0.25) is 9.59 Å². The minimum absolute atomic E-state index is 0.0649. The molecule has 1 aromatic heterocycles. The molecule has 8 nitrogen and oxygen atoms in total. The van der Waals surface area contributed by atoms with E-state index in [4.69, 9.17) is 18.6 Å². The molecule has 2 aromatic carbocycles. The van der Waals surface area contributed by atoms with E-state index in [9.17, 15) is 9.59 Å². The number of ether oxygens (including phenoxy) is 3. The van der Waals surface area contributed by atoms with Gasteiger partial charge in [0.2, 0.25) is 12.7 Å². The van der Waals surface area contributed by atoms with Gasteiger partial charge < -0.3 is 28.4 Å². The first-order chi connectivity index (χ1) is 16.6. The lowest BCUT2D eigenvalue weighted by Gasteiger charge is -2.27. The van der Waals surface area contributed by atoms with Crippen LogP contribution in [0.1, 0.15) is 28.1 Å². The fourth-order valence-electron chi connectivity index (χ4n) is 3.75. The van der Waals surface area contributed by atoms with Gasteiger partial charge in [-0.2, -0.15) is 0 Å². The van der Waals surface area contributed by atoms with E-state index in [1.807, 2.05) is 36.4 Å². The van der Waals surface area contributed by atoms with Gasteiger partial charge in [-0.1, -0.05) is 30.3 Å². The maximum atomic E-state index is 13.5. The number of amides is 2. The van der Waals surface area contributed by atoms with E-state index in [0.717, 1.165) is 5.56 Å². The first-order valence-corrected chi connectivity index (χ1v) is 11.2.